The molecular weight excluding hydrogens is 517 g/mol. The zero-order chi connectivity index (χ0) is 26.7. The Morgan fingerprint density at radius 3 is 2.19 bits per heavy atom. The van der Waals surface area contributed by atoms with Crippen LogP contribution < -0.4 is 14.8 Å². The van der Waals surface area contributed by atoms with Crippen molar-refractivity contribution >= 4 is 38.9 Å². The zero-order valence-corrected chi connectivity index (χ0v) is 21.2. The molecule has 11 heteroatoms. The van der Waals surface area contributed by atoms with Crippen molar-refractivity contribution in [1.29, 1.82) is 0 Å². The summed E-state index contributed by atoms with van der Waals surface area (Å²) in [6.07, 6.45) is -5.11. The van der Waals surface area contributed by atoms with Gasteiger partial charge < -0.3 is 10.1 Å². The van der Waals surface area contributed by atoms with E-state index in [2.05, 4.69) is 10.0 Å². The van der Waals surface area contributed by atoms with Gasteiger partial charge in [-0.2, -0.15) is 13.2 Å². The first-order valence-corrected chi connectivity index (χ1v) is 12.7. The second kappa shape index (κ2) is 10.8. The first-order valence-electron chi connectivity index (χ1n) is 10.8. The van der Waals surface area contributed by atoms with Gasteiger partial charge in [-0.05, 0) is 86.0 Å². The number of sulfonamides is 1. The number of hydrogen-bond donors (Lipinski definition) is 2. The second-order valence-electron chi connectivity index (χ2n) is 8.07. The molecule has 3 rings (SSSR count). The van der Waals surface area contributed by atoms with Crippen molar-refractivity contribution in [3.05, 3.63) is 82.4 Å². The maximum Gasteiger partial charge on any atom is 0.417 e. The molecule has 0 unspecified atom stereocenters. The molecule has 6 nitrogen and oxygen atoms in total. The van der Waals surface area contributed by atoms with Gasteiger partial charge in [-0.1, -0.05) is 24.6 Å². The van der Waals surface area contributed by atoms with E-state index in [1.807, 2.05) is 26.0 Å². The molecule has 0 aliphatic heterocycles. The van der Waals surface area contributed by atoms with Gasteiger partial charge in [-0.15, -0.1) is 0 Å². The van der Waals surface area contributed by atoms with Gasteiger partial charge in [0, 0.05) is 11.4 Å². The number of anilines is 2. The van der Waals surface area contributed by atoms with Crippen molar-refractivity contribution in [2.45, 2.75) is 44.4 Å². The molecule has 0 spiro atoms. The number of halogens is 4. The molecule has 0 fully saturated rings. The average molecular weight is 541 g/mol. The normalized spacial score (nSPS) is 12.6. The van der Waals surface area contributed by atoms with Crippen LogP contribution in [0.25, 0.3) is 0 Å². The molecule has 0 aliphatic carbocycles. The van der Waals surface area contributed by atoms with Crippen LogP contribution in [-0.2, 0) is 21.0 Å². The van der Waals surface area contributed by atoms with Crippen LogP contribution in [0.3, 0.4) is 0 Å². The molecule has 0 saturated carbocycles. The molecule has 0 heterocycles. The predicted molar refractivity (Wildman–Crippen MR) is 133 cm³/mol. The quantitative estimate of drug-likeness (QED) is 0.338. The van der Waals surface area contributed by atoms with Crippen molar-refractivity contribution in [3.63, 3.8) is 0 Å². The van der Waals surface area contributed by atoms with Gasteiger partial charge in [0.2, 0.25) is 0 Å². The van der Waals surface area contributed by atoms with Crippen LogP contribution in [-0.4, -0.2) is 20.4 Å². The molecular formula is C25H24ClF3N2O4S. The van der Waals surface area contributed by atoms with E-state index < -0.39 is 38.8 Å². The highest BCUT2D eigenvalue weighted by molar-refractivity contribution is 7.92. The van der Waals surface area contributed by atoms with Gasteiger partial charge in [0.05, 0.1) is 15.5 Å². The number of carbonyl (C=O) groups is 1. The van der Waals surface area contributed by atoms with Crippen molar-refractivity contribution < 1.29 is 31.1 Å². The third-order valence-electron chi connectivity index (χ3n) is 5.38. The predicted octanol–water partition coefficient (Wildman–Crippen LogP) is 6.57. The Hall–Kier alpha value is -3.24. The number of aryl methyl sites for hydroxylation is 2. The second-order valence-corrected chi connectivity index (χ2v) is 10.2. The Morgan fingerprint density at radius 1 is 0.972 bits per heavy atom. The number of hydrogen-bond acceptors (Lipinski definition) is 4. The van der Waals surface area contributed by atoms with Crippen LogP contribution in [0.15, 0.2) is 65.6 Å². The molecule has 36 heavy (non-hydrogen) atoms. The Bertz CT molecular complexity index is 1360. The van der Waals surface area contributed by atoms with Crippen LogP contribution in [0.5, 0.6) is 5.75 Å². The lowest BCUT2D eigenvalue weighted by Gasteiger charge is -2.18. The molecule has 3 aromatic carbocycles. The monoisotopic (exact) mass is 540 g/mol. The molecule has 1 amide bonds. The third kappa shape index (κ3) is 6.70. The molecule has 0 saturated heterocycles. The summed E-state index contributed by atoms with van der Waals surface area (Å²) >= 11 is 5.58. The van der Waals surface area contributed by atoms with Gasteiger partial charge in [-0.25, -0.2) is 8.42 Å². The van der Waals surface area contributed by atoms with Crippen LogP contribution in [0.1, 0.15) is 30.0 Å². The van der Waals surface area contributed by atoms with Crippen molar-refractivity contribution in [1.82, 2.24) is 0 Å². The molecule has 3 aromatic rings. The Balaban J connectivity index is 1.70. The SMILES string of the molecule is CC[C@@H](Oc1ccc(C)c(C)c1)C(=O)Nc1ccc(S(=O)(=O)Nc2ccc(Cl)c(C(F)(F)F)c2)cc1. The molecule has 0 radical (unpaired) electrons. The molecule has 2 N–H and O–H groups in total. The third-order valence-corrected chi connectivity index (χ3v) is 7.10. The zero-order valence-electron chi connectivity index (χ0n) is 19.6. The number of ether oxygens (including phenoxy) is 1. The number of alkyl halides is 3. The number of nitrogens with one attached hydrogen (secondary N) is 2. The largest absolute Gasteiger partial charge is 0.481 e. The summed E-state index contributed by atoms with van der Waals surface area (Å²) in [6, 6.07) is 13.4. The van der Waals surface area contributed by atoms with E-state index in [1.54, 1.807) is 13.0 Å². The molecule has 1 atom stereocenters. The highest BCUT2D eigenvalue weighted by Gasteiger charge is 2.33. The molecule has 0 bridgehead atoms. The van der Waals surface area contributed by atoms with Gasteiger partial charge in [0.25, 0.3) is 15.9 Å². The van der Waals surface area contributed by atoms with Crippen LogP contribution in [0, 0.1) is 13.8 Å². The molecule has 192 valence electrons. The first-order chi connectivity index (χ1) is 16.8. The van der Waals surface area contributed by atoms with E-state index in [-0.39, 0.29) is 10.6 Å². The van der Waals surface area contributed by atoms with Crippen LogP contribution in [0.4, 0.5) is 24.5 Å². The summed E-state index contributed by atoms with van der Waals surface area (Å²) in [5, 5.41) is 2.13. The molecule has 0 aliphatic rings. The first kappa shape index (κ1) is 27.3. The lowest BCUT2D eigenvalue weighted by molar-refractivity contribution is -0.137. The van der Waals surface area contributed by atoms with Crippen molar-refractivity contribution in [2.24, 2.45) is 0 Å². The van der Waals surface area contributed by atoms with Crippen molar-refractivity contribution in [3.8, 4) is 5.75 Å². The fraction of sp³-hybridized carbons (Fsp3) is 0.240. The lowest BCUT2D eigenvalue weighted by Crippen LogP contribution is -2.32. The van der Waals surface area contributed by atoms with Gasteiger partial charge in [-0.3, -0.25) is 9.52 Å². The van der Waals surface area contributed by atoms with Crippen LogP contribution >= 0.6 is 11.6 Å². The van der Waals surface area contributed by atoms with E-state index in [0.717, 1.165) is 23.3 Å². The fourth-order valence-corrected chi connectivity index (χ4v) is 4.51. The summed E-state index contributed by atoms with van der Waals surface area (Å²) < 4.78 is 72.4. The van der Waals surface area contributed by atoms with E-state index in [0.29, 0.717) is 23.9 Å². The topological polar surface area (TPSA) is 84.5 Å². The van der Waals surface area contributed by atoms with Gasteiger partial charge in [0.1, 0.15) is 5.75 Å². The summed E-state index contributed by atoms with van der Waals surface area (Å²) in [5.41, 5.74) is 1.00. The minimum atomic E-state index is -4.74. The van der Waals surface area contributed by atoms with Gasteiger partial charge in [0.15, 0.2) is 6.10 Å². The van der Waals surface area contributed by atoms with E-state index >= 15 is 0 Å². The Kier molecular flexibility index (Phi) is 8.20. The minimum absolute atomic E-state index is 0.206. The number of carbonyl (C=O) groups excluding carboxylic acids is 1. The smallest absolute Gasteiger partial charge is 0.417 e. The highest BCUT2D eigenvalue weighted by Crippen LogP contribution is 2.36. The Labute approximate surface area is 212 Å². The average Bonchev–Trinajstić information content (AvgIpc) is 2.80. The number of benzene rings is 3. The number of amides is 1. The van der Waals surface area contributed by atoms with E-state index in [9.17, 15) is 26.4 Å². The summed E-state index contributed by atoms with van der Waals surface area (Å²) in [5.74, 6) is 0.147. The van der Waals surface area contributed by atoms with Gasteiger partial charge >= 0.3 is 6.18 Å². The van der Waals surface area contributed by atoms with Crippen LogP contribution in [0.2, 0.25) is 5.02 Å². The maximum atomic E-state index is 13.1. The molecule has 0 aromatic heterocycles. The minimum Gasteiger partial charge on any atom is -0.481 e. The standard InChI is InChI=1S/C25H24ClF3N2O4S/c1-4-23(35-19-9-5-15(2)16(3)13-19)24(32)30-17-6-10-20(11-7-17)36(33,34)31-18-8-12-22(26)21(14-18)25(27,28)29/h5-14,23,31H,4H2,1-3H3,(H,30,32)/t23-/m1/s1. The maximum absolute atomic E-state index is 13.1. The summed E-state index contributed by atoms with van der Waals surface area (Å²) in [7, 11) is -4.20. The van der Waals surface area contributed by atoms with E-state index in [1.165, 1.54) is 24.3 Å². The fourth-order valence-electron chi connectivity index (χ4n) is 3.23. The summed E-state index contributed by atoms with van der Waals surface area (Å²) in [4.78, 5) is 12.5. The van der Waals surface area contributed by atoms with E-state index in [4.69, 9.17) is 16.3 Å². The Morgan fingerprint density at radius 2 is 1.61 bits per heavy atom. The summed E-state index contributed by atoms with van der Waals surface area (Å²) in [6.45, 7) is 5.71. The van der Waals surface area contributed by atoms with Crippen molar-refractivity contribution in [2.75, 3.05) is 10.0 Å². The number of rotatable bonds is 8. The highest BCUT2D eigenvalue weighted by atomic mass is 35.5. The lowest BCUT2D eigenvalue weighted by atomic mass is 10.1.